The summed E-state index contributed by atoms with van der Waals surface area (Å²) in [5, 5.41) is 21.7. The monoisotopic (exact) mass is 519 g/mol. The fraction of sp³-hybridized carbons (Fsp3) is 0.267. The molecule has 2 N–H and O–H groups in total. The average molecular weight is 520 g/mol. The number of aromatic hydroxyl groups is 1. The summed E-state index contributed by atoms with van der Waals surface area (Å²) in [4.78, 5) is 28.4. The number of phenols is 1. The van der Waals surface area contributed by atoms with Crippen LogP contribution in [0.5, 0.6) is 11.5 Å². The number of aliphatic hydroxyl groups excluding tert-OH is 1. The van der Waals surface area contributed by atoms with Gasteiger partial charge >= 0.3 is 0 Å². The van der Waals surface area contributed by atoms with Crippen molar-refractivity contribution in [3.8, 4) is 11.5 Å². The predicted octanol–water partition coefficient (Wildman–Crippen LogP) is 6.73. The van der Waals surface area contributed by atoms with E-state index < -0.39 is 17.7 Å². The van der Waals surface area contributed by atoms with Gasteiger partial charge in [-0.1, -0.05) is 37.6 Å². The van der Waals surface area contributed by atoms with Crippen LogP contribution in [0.2, 0.25) is 5.02 Å². The minimum atomic E-state index is -0.955. The molecule has 1 fully saturated rings. The molecule has 0 saturated carbocycles. The Labute approximate surface area is 221 Å². The van der Waals surface area contributed by atoms with Gasteiger partial charge in [0, 0.05) is 11.3 Å². The third kappa shape index (κ3) is 4.69. The molecule has 37 heavy (non-hydrogen) atoms. The lowest BCUT2D eigenvalue weighted by molar-refractivity contribution is -0.132. The van der Waals surface area contributed by atoms with Gasteiger partial charge in [-0.25, -0.2) is 0 Å². The van der Waals surface area contributed by atoms with Crippen LogP contribution in [0.3, 0.4) is 0 Å². The maximum absolute atomic E-state index is 13.5. The second kappa shape index (κ2) is 9.94. The van der Waals surface area contributed by atoms with Crippen LogP contribution >= 0.6 is 11.6 Å². The summed E-state index contributed by atoms with van der Waals surface area (Å²) >= 11 is 6.24. The van der Waals surface area contributed by atoms with E-state index in [1.54, 1.807) is 19.2 Å². The zero-order valence-corrected chi connectivity index (χ0v) is 22.5. The van der Waals surface area contributed by atoms with Crippen molar-refractivity contribution in [1.29, 1.82) is 0 Å². The first kappa shape index (κ1) is 26.3. The van der Waals surface area contributed by atoms with E-state index in [1.807, 2.05) is 58.9 Å². The number of hydrogen-bond acceptors (Lipinski definition) is 5. The number of carbonyl (C=O) groups excluding carboxylic acids is 2. The SMILES string of the molecule is COc1cc(C)c(/C(O)=C2\C(=O)C(=O)N(c3cc(C)cc(C)c3)C2c2ccc(O)c(Cl)c2)cc1C(C)C. The second-order valence-electron chi connectivity index (χ2n) is 9.79. The topological polar surface area (TPSA) is 87.1 Å². The molecule has 6 nitrogen and oxygen atoms in total. The summed E-state index contributed by atoms with van der Waals surface area (Å²) < 4.78 is 5.53. The fourth-order valence-corrected chi connectivity index (χ4v) is 5.11. The molecule has 0 aromatic heterocycles. The molecule has 1 aliphatic heterocycles. The standard InChI is InChI=1S/C30H30ClNO5/c1-15(2)21-14-22(18(5)12-25(21)37-6)28(34)26-27(19-7-8-24(33)23(31)13-19)32(30(36)29(26)35)20-10-16(3)9-17(4)11-20/h7-15,27,33-34H,1-6H3/b28-26+. The van der Waals surface area contributed by atoms with Gasteiger partial charge in [-0.15, -0.1) is 0 Å². The molecule has 0 bridgehead atoms. The molecule has 0 aliphatic carbocycles. The summed E-state index contributed by atoms with van der Waals surface area (Å²) in [6, 6.07) is 12.8. The van der Waals surface area contributed by atoms with Crippen LogP contribution in [0.25, 0.3) is 5.76 Å². The zero-order valence-electron chi connectivity index (χ0n) is 21.7. The fourth-order valence-electron chi connectivity index (χ4n) is 4.92. The quantitative estimate of drug-likeness (QED) is 0.222. The van der Waals surface area contributed by atoms with E-state index in [9.17, 15) is 19.8 Å². The number of carbonyl (C=O) groups is 2. The van der Waals surface area contributed by atoms with Gasteiger partial charge in [0.2, 0.25) is 0 Å². The third-order valence-electron chi connectivity index (χ3n) is 6.67. The number of methoxy groups -OCH3 is 1. The van der Waals surface area contributed by atoms with Gasteiger partial charge < -0.3 is 14.9 Å². The van der Waals surface area contributed by atoms with Crippen molar-refractivity contribution >= 4 is 34.7 Å². The Hall–Kier alpha value is -3.77. The average Bonchev–Trinajstić information content (AvgIpc) is 3.09. The van der Waals surface area contributed by atoms with E-state index in [2.05, 4.69) is 0 Å². The van der Waals surface area contributed by atoms with Gasteiger partial charge in [0.1, 0.15) is 17.3 Å². The Morgan fingerprint density at radius 3 is 2.22 bits per heavy atom. The molecule has 1 heterocycles. The maximum Gasteiger partial charge on any atom is 0.300 e. The minimum absolute atomic E-state index is 0.0473. The molecule has 0 spiro atoms. The molecular weight excluding hydrogens is 490 g/mol. The Balaban J connectivity index is 2.03. The van der Waals surface area contributed by atoms with Crippen LogP contribution in [0.15, 0.2) is 54.1 Å². The summed E-state index contributed by atoms with van der Waals surface area (Å²) in [7, 11) is 1.59. The Morgan fingerprint density at radius 2 is 1.65 bits per heavy atom. The van der Waals surface area contributed by atoms with Crippen molar-refractivity contribution in [1.82, 2.24) is 0 Å². The molecule has 1 amide bonds. The summed E-state index contributed by atoms with van der Waals surface area (Å²) in [5.74, 6) is -1.18. The molecule has 1 saturated heterocycles. The largest absolute Gasteiger partial charge is 0.507 e. The highest BCUT2D eigenvalue weighted by molar-refractivity contribution is 6.51. The van der Waals surface area contributed by atoms with Gasteiger partial charge in [-0.05, 0) is 90.9 Å². The number of aryl methyl sites for hydroxylation is 3. The maximum atomic E-state index is 13.5. The first-order chi connectivity index (χ1) is 17.4. The minimum Gasteiger partial charge on any atom is -0.507 e. The molecule has 7 heteroatoms. The summed E-state index contributed by atoms with van der Waals surface area (Å²) in [6.07, 6.45) is 0. The molecule has 3 aromatic rings. The van der Waals surface area contributed by atoms with Crippen LogP contribution in [0.4, 0.5) is 5.69 Å². The van der Waals surface area contributed by atoms with E-state index in [0.717, 1.165) is 16.7 Å². The van der Waals surface area contributed by atoms with Crippen molar-refractivity contribution in [3.63, 3.8) is 0 Å². The third-order valence-corrected chi connectivity index (χ3v) is 6.97. The number of aliphatic hydroxyl groups is 1. The number of ether oxygens (including phenoxy) is 1. The number of amides is 1. The molecule has 3 aromatic carbocycles. The van der Waals surface area contributed by atoms with E-state index in [-0.39, 0.29) is 28.0 Å². The Bertz CT molecular complexity index is 1440. The van der Waals surface area contributed by atoms with Gasteiger partial charge in [0.15, 0.2) is 0 Å². The van der Waals surface area contributed by atoms with Crippen molar-refractivity contribution in [2.24, 2.45) is 0 Å². The lowest BCUT2D eigenvalue weighted by Gasteiger charge is -2.26. The Morgan fingerprint density at radius 1 is 1.00 bits per heavy atom. The molecule has 1 aliphatic rings. The van der Waals surface area contributed by atoms with Crippen molar-refractivity contribution in [2.75, 3.05) is 12.0 Å². The molecule has 1 unspecified atom stereocenters. The van der Waals surface area contributed by atoms with Crippen LogP contribution in [-0.4, -0.2) is 29.0 Å². The van der Waals surface area contributed by atoms with Crippen LogP contribution in [-0.2, 0) is 9.59 Å². The molecule has 1 atom stereocenters. The van der Waals surface area contributed by atoms with Crippen LogP contribution in [0, 0.1) is 20.8 Å². The number of phenolic OH excluding ortho intramolecular Hbond substituents is 1. The number of ketones is 1. The van der Waals surface area contributed by atoms with Gasteiger partial charge in [-0.2, -0.15) is 0 Å². The highest BCUT2D eigenvalue weighted by Crippen LogP contribution is 2.45. The van der Waals surface area contributed by atoms with E-state index in [0.29, 0.717) is 28.1 Å². The van der Waals surface area contributed by atoms with Gasteiger partial charge in [-0.3, -0.25) is 14.5 Å². The lowest BCUT2D eigenvalue weighted by atomic mass is 9.91. The molecule has 192 valence electrons. The highest BCUT2D eigenvalue weighted by Gasteiger charge is 2.47. The van der Waals surface area contributed by atoms with Gasteiger partial charge in [0.25, 0.3) is 11.7 Å². The second-order valence-corrected chi connectivity index (χ2v) is 10.2. The first-order valence-corrected chi connectivity index (χ1v) is 12.4. The van der Waals surface area contributed by atoms with Crippen LogP contribution < -0.4 is 9.64 Å². The smallest absolute Gasteiger partial charge is 0.300 e. The lowest BCUT2D eigenvalue weighted by Crippen LogP contribution is -2.29. The number of rotatable bonds is 5. The zero-order chi connectivity index (χ0) is 27.2. The number of Topliss-reactive ketones (excluding diaryl/α,β-unsaturated/α-hetero) is 1. The van der Waals surface area contributed by atoms with Crippen molar-refractivity contribution in [3.05, 3.63) is 92.5 Å². The van der Waals surface area contributed by atoms with E-state index in [1.165, 1.54) is 17.0 Å². The molecule has 4 rings (SSSR count). The summed E-state index contributed by atoms with van der Waals surface area (Å²) in [6.45, 7) is 9.65. The van der Waals surface area contributed by atoms with Crippen LogP contribution in [0.1, 0.15) is 59.2 Å². The van der Waals surface area contributed by atoms with Gasteiger partial charge in [0.05, 0.1) is 23.7 Å². The molecule has 0 radical (unpaired) electrons. The number of hydrogen-bond donors (Lipinski definition) is 2. The van der Waals surface area contributed by atoms with E-state index >= 15 is 0 Å². The highest BCUT2D eigenvalue weighted by atomic mass is 35.5. The Kier molecular flexibility index (Phi) is 7.07. The van der Waals surface area contributed by atoms with E-state index in [4.69, 9.17) is 16.3 Å². The normalized spacial score (nSPS) is 17.1. The number of halogens is 1. The van der Waals surface area contributed by atoms with Crippen molar-refractivity contribution in [2.45, 2.75) is 46.6 Å². The molecular formula is C30H30ClNO5. The number of benzene rings is 3. The predicted molar refractivity (Wildman–Crippen MR) is 146 cm³/mol. The first-order valence-electron chi connectivity index (χ1n) is 12.0. The summed E-state index contributed by atoms with van der Waals surface area (Å²) in [5.41, 5.74) is 4.81. The number of anilines is 1. The number of nitrogens with zero attached hydrogens (tertiary/aromatic N) is 1. The van der Waals surface area contributed by atoms with Crippen molar-refractivity contribution < 1.29 is 24.5 Å².